The number of nitrogen functional groups attached to an aromatic ring is 1. The normalized spacial score (nSPS) is 14.2. The Kier molecular flexibility index (Phi) is 2.90. The maximum absolute atomic E-state index is 11.9. The van der Waals surface area contributed by atoms with Crippen molar-refractivity contribution >= 4 is 5.69 Å². The molecule has 0 saturated carbocycles. The van der Waals surface area contributed by atoms with Crippen molar-refractivity contribution in [3.8, 4) is 11.3 Å². The monoisotopic (exact) mass is 254 g/mol. The molecule has 1 aliphatic rings. The van der Waals surface area contributed by atoms with Crippen LogP contribution in [0, 0.1) is 0 Å². The number of hydrogen-bond donors (Lipinski definition) is 1. The molecular formula is C16H18N2O. The number of aryl methyl sites for hydroxylation is 2. The van der Waals surface area contributed by atoms with Gasteiger partial charge in [0.15, 0.2) is 0 Å². The molecular weight excluding hydrogens is 236 g/mol. The number of benzene rings is 1. The summed E-state index contributed by atoms with van der Waals surface area (Å²) in [5.41, 5.74) is 10.7. The highest BCUT2D eigenvalue weighted by Crippen LogP contribution is 2.26. The van der Waals surface area contributed by atoms with Gasteiger partial charge in [0.25, 0.3) is 5.56 Å². The highest BCUT2D eigenvalue weighted by Gasteiger charge is 2.12. The highest BCUT2D eigenvalue weighted by molar-refractivity contribution is 5.63. The topological polar surface area (TPSA) is 48.0 Å². The van der Waals surface area contributed by atoms with Crippen molar-refractivity contribution in [1.82, 2.24) is 4.57 Å². The van der Waals surface area contributed by atoms with Crippen LogP contribution in [0.25, 0.3) is 11.3 Å². The van der Waals surface area contributed by atoms with Crippen molar-refractivity contribution < 1.29 is 0 Å². The zero-order chi connectivity index (χ0) is 13.4. The fourth-order valence-corrected chi connectivity index (χ4v) is 2.84. The summed E-state index contributed by atoms with van der Waals surface area (Å²) in [6.07, 6.45) is 4.87. The average molecular weight is 254 g/mol. The first-order chi connectivity index (χ1) is 9.16. The minimum absolute atomic E-state index is 0.129. The Morgan fingerprint density at radius 2 is 1.79 bits per heavy atom. The molecule has 3 nitrogen and oxygen atoms in total. The predicted octanol–water partition coefficient (Wildman–Crippen LogP) is 2.51. The molecule has 0 radical (unpaired) electrons. The summed E-state index contributed by atoms with van der Waals surface area (Å²) in [5.74, 6) is 0. The van der Waals surface area contributed by atoms with E-state index in [1.54, 1.807) is 17.7 Å². The Morgan fingerprint density at radius 1 is 1.05 bits per heavy atom. The average Bonchev–Trinajstić information content (AvgIpc) is 2.44. The van der Waals surface area contributed by atoms with Gasteiger partial charge >= 0.3 is 0 Å². The van der Waals surface area contributed by atoms with Gasteiger partial charge in [-0.25, -0.2) is 0 Å². The maximum atomic E-state index is 11.9. The van der Waals surface area contributed by atoms with Crippen molar-refractivity contribution in [2.45, 2.75) is 25.7 Å². The van der Waals surface area contributed by atoms with Crippen LogP contribution in [0.1, 0.15) is 24.0 Å². The Labute approximate surface area is 112 Å². The summed E-state index contributed by atoms with van der Waals surface area (Å²) in [6.45, 7) is 0. The van der Waals surface area contributed by atoms with Crippen molar-refractivity contribution in [2.75, 3.05) is 5.73 Å². The zero-order valence-corrected chi connectivity index (χ0v) is 11.1. The lowest BCUT2D eigenvalue weighted by Gasteiger charge is -2.17. The Bertz CT molecular complexity index is 686. The molecule has 1 aliphatic carbocycles. The standard InChI is InChI=1S/C16H18N2O/c1-18-15(9-8-14(17)16(18)19)13-7-6-11-4-2-3-5-12(11)10-13/h6-10H,2-5,17H2,1H3. The number of pyridine rings is 1. The summed E-state index contributed by atoms with van der Waals surface area (Å²) in [4.78, 5) is 11.9. The molecule has 0 fully saturated rings. The van der Waals surface area contributed by atoms with Gasteiger partial charge in [-0.05, 0) is 60.6 Å². The lowest BCUT2D eigenvalue weighted by molar-refractivity contribution is 0.685. The van der Waals surface area contributed by atoms with E-state index in [1.807, 2.05) is 6.07 Å². The molecule has 1 heterocycles. The SMILES string of the molecule is Cn1c(-c2ccc3c(c2)CCCC3)ccc(N)c1=O. The van der Waals surface area contributed by atoms with Gasteiger partial charge in [0.1, 0.15) is 0 Å². The van der Waals surface area contributed by atoms with E-state index in [2.05, 4.69) is 18.2 Å². The van der Waals surface area contributed by atoms with E-state index in [0.717, 1.165) is 17.7 Å². The second-order valence-corrected chi connectivity index (χ2v) is 5.23. The molecule has 1 aromatic carbocycles. The molecule has 98 valence electrons. The van der Waals surface area contributed by atoms with Gasteiger partial charge in [0.05, 0.1) is 11.4 Å². The Hall–Kier alpha value is -2.03. The number of hydrogen-bond acceptors (Lipinski definition) is 2. The van der Waals surface area contributed by atoms with Crippen LogP contribution in [-0.4, -0.2) is 4.57 Å². The van der Waals surface area contributed by atoms with E-state index in [9.17, 15) is 4.79 Å². The summed E-state index contributed by atoms with van der Waals surface area (Å²) in [7, 11) is 1.77. The smallest absolute Gasteiger partial charge is 0.273 e. The van der Waals surface area contributed by atoms with E-state index in [-0.39, 0.29) is 5.56 Å². The quantitative estimate of drug-likeness (QED) is 0.850. The summed E-state index contributed by atoms with van der Waals surface area (Å²) in [5, 5.41) is 0. The lowest BCUT2D eigenvalue weighted by atomic mass is 9.90. The zero-order valence-electron chi connectivity index (χ0n) is 11.1. The Morgan fingerprint density at radius 3 is 2.58 bits per heavy atom. The van der Waals surface area contributed by atoms with Crippen LogP contribution in [0.4, 0.5) is 5.69 Å². The molecule has 19 heavy (non-hydrogen) atoms. The first-order valence-corrected chi connectivity index (χ1v) is 6.74. The van der Waals surface area contributed by atoms with Gasteiger partial charge in [-0.3, -0.25) is 4.79 Å². The second-order valence-electron chi connectivity index (χ2n) is 5.23. The number of fused-ring (bicyclic) bond motifs is 1. The van der Waals surface area contributed by atoms with Crippen molar-refractivity contribution in [2.24, 2.45) is 7.05 Å². The number of nitrogens with zero attached hydrogens (tertiary/aromatic N) is 1. The first kappa shape index (κ1) is 12.0. The van der Waals surface area contributed by atoms with Gasteiger partial charge in [-0.15, -0.1) is 0 Å². The van der Waals surface area contributed by atoms with Crippen LogP contribution in [0.5, 0.6) is 0 Å². The summed E-state index contributed by atoms with van der Waals surface area (Å²) >= 11 is 0. The molecule has 3 rings (SSSR count). The highest BCUT2D eigenvalue weighted by atomic mass is 16.1. The van der Waals surface area contributed by atoms with Gasteiger partial charge in [0.2, 0.25) is 0 Å². The molecule has 0 amide bonds. The third-order valence-corrected chi connectivity index (χ3v) is 3.98. The van der Waals surface area contributed by atoms with Crippen molar-refractivity contribution in [3.05, 3.63) is 51.8 Å². The van der Waals surface area contributed by atoms with Gasteiger partial charge < -0.3 is 10.3 Å². The number of anilines is 1. The van der Waals surface area contributed by atoms with Crippen LogP contribution < -0.4 is 11.3 Å². The largest absolute Gasteiger partial charge is 0.394 e. The third kappa shape index (κ3) is 2.05. The fourth-order valence-electron chi connectivity index (χ4n) is 2.84. The van der Waals surface area contributed by atoms with Crippen molar-refractivity contribution in [3.63, 3.8) is 0 Å². The van der Waals surface area contributed by atoms with Gasteiger partial charge in [0, 0.05) is 7.05 Å². The fraction of sp³-hybridized carbons (Fsp3) is 0.312. The molecule has 1 aromatic heterocycles. The molecule has 0 spiro atoms. The molecule has 2 aromatic rings. The van der Waals surface area contributed by atoms with Gasteiger partial charge in [-0.2, -0.15) is 0 Å². The van der Waals surface area contributed by atoms with E-state index >= 15 is 0 Å². The molecule has 0 aliphatic heterocycles. The summed E-state index contributed by atoms with van der Waals surface area (Å²) in [6, 6.07) is 10.1. The number of nitrogens with two attached hydrogens (primary N) is 1. The van der Waals surface area contributed by atoms with E-state index in [4.69, 9.17) is 5.73 Å². The molecule has 3 heteroatoms. The van der Waals surface area contributed by atoms with E-state index in [1.165, 1.54) is 30.4 Å². The predicted molar refractivity (Wildman–Crippen MR) is 78.2 cm³/mol. The van der Waals surface area contributed by atoms with Crippen molar-refractivity contribution in [1.29, 1.82) is 0 Å². The van der Waals surface area contributed by atoms with Crippen LogP contribution in [-0.2, 0) is 19.9 Å². The van der Waals surface area contributed by atoms with E-state index in [0.29, 0.717) is 5.69 Å². The van der Waals surface area contributed by atoms with Crippen LogP contribution in [0.3, 0.4) is 0 Å². The molecule has 0 unspecified atom stereocenters. The molecule has 0 bridgehead atoms. The van der Waals surface area contributed by atoms with Crippen LogP contribution in [0.2, 0.25) is 0 Å². The summed E-state index contributed by atoms with van der Waals surface area (Å²) < 4.78 is 1.62. The van der Waals surface area contributed by atoms with E-state index < -0.39 is 0 Å². The third-order valence-electron chi connectivity index (χ3n) is 3.98. The van der Waals surface area contributed by atoms with Gasteiger partial charge in [-0.1, -0.05) is 12.1 Å². The first-order valence-electron chi connectivity index (χ1n) is 6.74. The second kappa shape index (κ2) is 4.57. The van der Waals surface area contributed by atoms with Crippen LogP contribution in [0.15, 0.2) is 35.1 Å². The Balaban J connectivity index is 2.12. The lowest BCUT2D eigenvalue weighted by Crippen LogP contribution is -2.21. The maximum Gasteiger partial charge on any atom is 0.273 e. The molecule has 0 saturated heterocycles. The molecule has 0 atom stereocenters. The minimum atomic E-state index is -0.129. The molecule has 2 N–H and O–H groups in total. The van der Waals surface area contributed by atoms with Crippen LogP contribution >= 0.6 is 0 Å². The number of rotatable bonds is 1. The minimum Gasteiger partial charge on any atom is -0.394 e. The number of aromatic nitrogens is 1.